The van der Waals surface area contributed by atoms with Crippen LogP contribution in [0.15, 0.2) is 35.4 Å². The molecule has 1 heterocycles. The van der Waals surface area contributed by atoms with Crippen LogP contribution in [0.2, 0.25) is 0 Å². The van der Waals surface area contributed by atoms with Crippen molar-refractivity contribution < 1.29 is 23.9 Å². The number of pyridine rings is 1. The molecule has 2 rings (SSSR count). The van der Waals surface area contributed by atoms with E-state index in [-0.39, 0.29) is 22.6 Å². The summed E-state index contributed by atoms with van der Waals surface area (Å²) in [6.45, 7) is 1.78. The summed E-state index contributed by atoms with van der Waals surface area (Å²) in [5, 5.41) is 12.2. The standard InChI is InChI=1S/C19H17N3O5S/c1-11-4-5-13(9-20)17(21-11)28-10-16(23)22-15-8-12(18(24)26-2)6-7-14(15)19(25)27-3/h4-8H,10H2,1-3H3,(H,22,23). The zero-order valence-electron chi connectivity index (χ0n) is 15.4. The molecule has 0 unspecified atom stereocenters. The SMILES string of the molecule is COC(=O)c1ccc(C(=O)OC)c(NC(=O)CSc2nc(C)ccc2C#N)c1. The molecule has 0 spiro atoms. The summed E-state index contributed by atoms with van der Waals surface area (Å²) < 4.78 is 9.35. The van der Waals surface area contributed by atoms with Crippen molar-refractivity contribution >= 4 is 35.3 Å². The Hall–Kier alpha value is -3.38. The monoisotopic (exact) mass is 399 g/mol. The van der Waals surface area contributed by atoms with E-state index in [0.717, 1.165) is 17.5 Å². The lowest BCUT2D eigenvalue weighted by Crippen LogP contribution is -2.18. The number of methoxy groups -OCH3 is 2. The van der Waals surface area contributed by atoms with Crippen LogP contribution in [0.5, 0.6) is 0 Å². The number of nitrogens with one attached hydrogen (secondary N) is 1. The predicted molar refractivity (Wildman–Crippen MR) is 102 cm³/mol. The van der Waals surface area contributed by atoms with Crippen molar-refractivity contribution in [3.63, 3.8) is 0 Å². The fraction of sp³-hybridized carbons (Fsp3) is 0.211. The third-order valence-electron chi connectivity index (χ3n) is 3.58. The first-order chi connectivity index (χ1) is 13.4. The first-order valence-electron chi connectivity index (χ1n) is 8.00. The number of hydrogen-bond donors (Lipinski definition) is 1. The van der Waals surface area contributed by atoms with Gasteiger partial charge in [0, 0.05) is 5.69 Å². The Morgan fingerprint density at radius 2 is 1.86 bits per heavy atom. The number of esters is 2. The van der Waals surface area contributed by atoms with Gasteiger partial charge >= 0.3 is 11.9 Å². The Morgan fingerprint density at radius 3 is 2.50 bits per heavy atom. The van der Waals surface area contributed by atoms with Gasteiger partial charge in [0.15, 0.2) is 0 Å². The molecule has 1 aromatic heterocycles. The average molecular weight is 399 g/mol. The number of nitriles is 1. The Morgan fingerprint density at radius 1 is 1.14 bits per heavy atom. The number of thioether (sulfide) groups is 1. The van der Waals surface area contributed by atoms with E-state index < -0.39 is 17.8 Å². The zero-order valence-corrected chi connectivity index (χ0v) is 16.3. The summed E-state index contributed by atoms with van der Waals surface area (Å²) >= 11 is 1.09. The second-order valence-electron chi connectivity index (χ2n) is 5.50. The molecule has 2 aromatic rings. The van der Waals surface area contributed by atoms with E-state index in [0.29, 0.717) is 10.6 Å². The largest absolute Gasteiger partial charge is 0.465 e. The van der Waals surface area contributed by atoms with Crippen LogP contribution in [-0.2, 0) is 14.3 Å². The summed E-state index contributed by atoms with van der Waals surface area (Å²) in [7, 11) is 2.44. The number of rotatable bonds is 6. The number of carbonyl (C=O) groups is 3. The highest BCUT2D eigenvalue weighted by Crippen LogP contribution is 2.23. The first-order valence-corrected chi connectivity index (χ1v) is 8.99. The summed E-state index contributed by atoms with van der Waals surface area (Å²) in [5.74, 6) is -1.76. The van der Waals surface area contributed by atoms with Crippen molar-refractivity contribution in [3.8, 4) is 6.07 Å². The van der Waals surface area contributed by atoms with E-state index in [9.17, 15) is 14.4 Å². The molecule has 1 amide bonds. The third kappa shape index (κ3) is 5.08. The van der Waals surface area contributed by atoms with E-state index in [4.69, 9.17) is 10.00 Å². The summed E-state index contributed by atoms with van der Waals surface area (Å²) in [5.41, 5.74) is 1.48. The fourth-order valence-electron chi connectivity index (χ4n) is 2.23. The van der Waals surface area contributed by atoms with Crippen LogP contribution in [0.25, 0.3) is 0 Å². The van der Waals surface area contributed by atoms with Crippen LogP contribution in [0.3, 0.4) is 0 Å². The maximum atomic E-state index is 12.4. The number of aromatic nitrogens is 1. The van der Waals surface area contributed by atoms with Gasteiger partial charge in [-0.25, -0.2) is 14.6 Å². The van der Waals surface area contributed by atoms with E-state index in [1.165, 1.54) is 32.4 Å². The average Bonchev–Trinajstić information content (AvgIpc) is 2.71. The van der Waals surface area contributed by atoms with Crippen molar-refractivity contribution in [1.82, 2.24) is 4.98 Å². The van der Waals surface area contributed by atoms with Crippen molar-refractivity contribution in [2.45, 2.75) is 11.9 Å². The summed E-state index contributed by atoms with van der Waals surface area (Å²) in [6.07, 6.45) is 0. The Bertz CT molecular complexity index is 969. The molecule has 0 saturated carbocycles. The number of nitrogens with zero attached hydrogens (tertiary/aromatic N) is 2. The second kappa shape index (κ2) is 9.53. The zero-order chi connectivity index (χ0) is 20.7. The molecule has 0 saturated heterocycles. The molecular formula is C19H17N3O5S. The summed E-state index contributed by atoms with van der Waals surface area (Å²) in [6, 6.07) is 9.49. The fourth-order valence-corrected chi connectivity index (χ4v) is 3.05. The second-order valence-corrected chi connectivity index (χ2v) is 6.46. The van der Waals surface area contributed by atoms with Gasteiger partial charge in [0.1, 0.15) is 11.1 Å². The van der Waals surface area contributed by atoms with Crippen LogP contribution in [0, 0.1) is 18.3 Å². The maximum absolute atomic E-state index is 12.4. The molecule has 0 aliphatic rings. The molecule has 1 N–H and O–H groups in total. The van der Waals surface area contributed by atoms with Crippen molar-refractivity contribution in [2.75, 3.05) is 25.3 Å². The smallest absolute Gasteiger partial charge is 0.339 e. The van der Waals surface area contributed by atoms with Gasteiger partial charge in [-0.2, -0.15) is 5.26 Å². The van der Waals surface area contributed by atoms with Gasteiger partial charge in [-0.15, -0.1) is 0 Å². The number of hydrogen-bond acceptors (Lipinski definition) is 8. The molecule has 0 aliphatic heterocycles. The number of anilines is 1. The van der Waals surface area contributed by atoms with Gasteiger partial charge < -0.3 is 14.8 Å². The van der Waals surface area contributed by atoms with Crippen molar-refractivity contribution in [2.24, 2.45) is 0 Å². The highest BCUT2D eigenvalue weighted by molar-refractivity contribution is 8.00. The number of ether oxygens (including phenoxy) is 2. The molecule has 144 valence electrons. The van der Waals surface area contributed by atoms with Gasteiger partial charge in [-0.3, -0.25) is 4.79 Å². The van der Waals surface area contributed by atoms with E-state index >= 15 is 0 Å². The van der Waals surface area contributed by atoms with Gasteiger partial charge in [0.25, 0.3) is 0 Å². The van der Waals surface area contributed by atoms with E-state index in [2.05, 4.69) is 15.0 Å². The minimum atomic E-state index is -0.661. The first kappa shape index (κ1) is 20.9. The normalized spacial score (nSPS) is 9.93. The van der Waals surface area contributed by atoms with Crippen molar-refractivity contribution in [1.29, 1.82) is 5.26 Å². The quantitative estimate of drug-likeness (QED) is 0.581. The highest BCUT2D eigenvalue weighted by atomic mass is 32.2. The topological polar surface area (TPSA) is 118 Å². The molecular weight excluding hydrogens is 382 g/mol. The molecule has 9 heteroatoms. The van der Waals surface area contributed by atoms with Gasteiger partial charge in [0.2, 0.25) is 5.91 Å². The van der Waals surface area contributed by atoms with Gasteiger partial charge in [0.05, 0.1) is 42.4 Å². The van der Waals surface area contributed by atoms with Crippen LogP contribution in [-0.4, -0.2) is 42.8 Å². The molecule has 8 nitrogen and oxygen atoms in total. The third-order valence-corrected chi connectivity index (χ3v) is 4.57. The maximum Gasteiger partial charge on any atom is 0.339 e. The van der Waals surface area contributed by atoms with Crippen LogP contribution >= 0.6 is 11.8 Å². The van der Waals surface area contributed by atoms with E-state index in [1.54, 1.807) is 19.1 Å². The lowest BCUT2D eigenvalue weighted by molar-refractivity contribution is -0.113. The Balaban J connectivity index is 2.20. The van der Waals surface area contributed by atoms with Gasteiger partial charge in [-0.1, -0.05) is 11.8 Å². The number of benzene rings is 1. The number of aryl methyl sites for hydroxylation is 1. The summed E-state index contributed by atoms with van der Waals surface area (Å²) in [4.78, 5) is 40.3. The van der Waals surface area contributed by atoms with Crippen LogP contribution < -0.4 is 5.32 Å². The minimum Gasteiger partial charge on any atom is -0.465 e. The van der Waals surface area contributed by atoms with Crippen molar-refractivity contribution in [3.05, 3.63) is 52.7 Å². The van der Waals surface area contributed by atoms with Crippen LogP contribution in [0.4, 0.5) is 5.69 Å². The van der Waals surface area contributed by atoms with E-state index in [1.807, 2.05) is 6.07 Å². The van der Waals surface area contributed by atoms with Gasteiger partial charge in [-0.05, 0) is 37.3 Å². The molecule has 0 atom stereocenters. The molecule has 0 radical (unpaired) electrons. The minimum absolute atomic E-state index is 0.0474. The number of amides is 1. The molecule has 0 fully saturated rings. The molecule has 1 aromatic carbocycles. The Labute approximate surface area is 165 Å². The van der Waals surface area contributed by atoms with Crippen LogP contribution in [0.1, 0.15) is 32.0 Å². The lowest BCUT2D eigenvalue weighted by atomic mass is 10.1. The lowest BCUT2D eigenvalue weighted by Gasteiger charge is -2.11. The molecule has 0 bridgehead atoms. The molecule has 0 aliphatic carbocycles. The Kier molecular flexibility index (Phi) is 7.12. The number of carbonyl (C=O) groups excluding carboxylic acids is 3. The highest BCUT2D eigenvalue weighted by Gasteiger charge is 2.18. The predicted octanol–water partition coefficient (Wildman–Crippen LogP) is 2.57. The molecule has 28 heavy (non-hydrogen) atoms.